The number of nitro benzene ring substituents is 1. The minimum Gasteiger partial charge on any atom is -0.462 e. The first-order chi connectivity index (χ1) is 9.66. The van der Waals surface area contributed by atoms with Crippen LogP contribution in [0.1, 0.15) is 15.9 Å². The molecule has 102 valence electrons. The third-order valence-electron chi connectivity index (χ3n) is 2.54. The Morgan fingerprint density at radius 3 is 2.75 bits per heavy atom. The van der Waals surface area contributed by atoms with Gasteiger partial charge in [-0.25, -0.2) is 14.8 Å². The van der Waals surface area contributed by atoms with E-state index in [-0.39, 0.29) is 17.9 Å². The van der Waals surface area contributed by atoms with Gasteiger partial charge in [-0.15, -0.1) is 0 Å². The summed E-state index contributed by atoms with van der Waals surface area (Å²) in [7, 11) is 0. The number of esters is 1. The van der Waals surface area contributed by atoms with Crippen molar-refractivity contribution in [3.8, 4) is 0 Å². The Balaban J connectivity index is 1.89. The van der Waals surface area contributed by atoms with Crippen molar-refractivity contribution in [3.05, 3.63) is 64.2 Å². The molecular formula is C13H11N3O4. The maximum Gasteiger partial charge on any atom is 0.341 e. The van der Waals surface area contributed by atoms with E-state index in [1.54, 1.807) is 12.1 Å². The summed E-state index contributed by atoms with van der Waals surface area (Å²) in [5.74, 6) is -0.518. The van der Waals surface area contributed by atoms with E-state index in [1.807, 2.05) is 0 Å². The topological polar surface area (TPSA) is 95.2 Å². The first-order valence-corrected chi connectivity index (χ1v) is 5.82. The Morgan fingerprint density at radius 2 is 2.05 bits per heavy atom. The van der Waals surface area contributed by atoms with Crippen molar-refractivity contribution < 1.29 is 14.5 Å². The van der Waals surface area contributed by atoms with Crippen LogP contribution in [0.25, 0.3) is 0 Å². The van der Waals surface area contributed by atoms with Gasteiger partial charge in [0.05, 0.1) is 17.1 Å². The number of aromatic nitrogens is 2. The predicted octanol–water partition coefficient (Wildman–Crippen LogP) is 1.78. The predicted molar refractivity (Wildman–Crippen MR) is 69.1 cm³/mol. The van der Waals surface area contributed by atoms with E-state index in [4.69, 9.17) is 4.74 Å². The minimum atomic E-state index is -0.518. The first kappa shape index (κ1) is 13.6. The molecule has 7 heteroatoms. The summed E-state index contributed by atoms with van der Waals surface area (Å²) >= 11 is 0. The SMILES string of the molecule is O=C(OCCc1cccc([N+](=O)[O-])c1)c1cncnc1. The van der Waals surface area contributed by atoms with Gasteiger partial charge in [-0.2, -0.15) is 0 Å². The van der Waals surface area contributed by atoms with Crippen LogP contribution in [0.2, 0.25) is 0 Å². The molecular weight excluding hydrogens is 262 g/mol. The van der Waals surface area contributed by atoms with Crippen LogP contribution >= 0.6 is 0 Å². The van der Waals surface area contributed by atoms with Gasteiger partial charge in [0, 0.05) is 30.9 Å². The van der Waals surface area contributed by atoms with Crippen LogP contribution in [0.15, 0.2) is 43.0 Å². The molecule has 0 bridgehead atoms. The highest BCUT2D eigenvalue weighted by Gasteiger charge is 2.09. The van der Waals surface area contributed by atoms with Gasteiger partial charge >= 0.3 is 5.97 Å². The molecule has 2 aromatic rings. The van der Waals surface area contributed by atoms with E-state index in [0.717, 1.165) is 5.56 Å². The summed E-state index contributed by atoms with van der Waals surface area (Å²) in [5, 5.41) is 10.6. The molecule has 2 rings (SSSR count). The molecule has 1 aromatic carbocycles. The van der Waals surface area contributed by atoms with Gasteiger partial charge in [0.2, 0.25) is 0 Å². The lowest BCUT2D eigenvalue weighted by molar-refractivity contribution is -0.384. The second-order valence-electron chi connectivity index (χ2n) is 3.94. The van der Waals surface area contributed by atoms with Crippen molar-refractivity contribution in [2.24, 2.45) is 0 Å². The van der Waals surface area contributed by atoms with Gasteiger partial charge in [-0.1, -0.05) is 12.1 Å². The monoisotopic (exact) mass is 273 g/mol. The number of non-ortho nitro benzene ring substituents is 1. The molecule has 1 aromatic heterocycles. The van der Waals surface area contributed by atoms with Gasteiger partial charge in [0.15, 0.2) is 0 Å². The van der Waals surface area contributed by atoms with Crippen molar-refractivity contribution in [1.82, 2.24) is 9.97 Å². The Hall–Kier alpha value is -2.83. The van der Waals surface area contributed by atoms with Crippen LogP contribution < -0.4 is 0 Å². The maximum absolute atomic E-state index is 11.6. The van der Waals surface area contributed by atoms with Crippen LogP contribution in [-0.4, -0.2) is 27.5 Å². The van der Waals surface area contributed by atoms with Gasteiger partial charge in [0.25, 0.3) is 5.69 Å². The third kappa shape index (κ3) is 3.58. The number of rotatable bonds is 5. The molecule has 0 amide bonds. The molecule has 20 heavy (non-hydrogen) atoms. The van der Waals surface area contributed by atoms with Gasteiger partial charge in [-0.05, 0) is 5.56 Å². The molecule has 7 nitrogen and oxygen atoms in total. The minimum absolute atomic E-state index is 0.0188. The van der Waals surface area contributed by atoms with E-state index in [9.17, 15) is 14.9 Å². The number of nitro groups is 1. The fourth-order valence-electron chi connectivity index (χ4n) is 1.57. The Morgan fingerprint density at radius 1 is 1.30 bits per heavy atom. The molecule has 0 fully saturated rings. The Labute approximate surface area is 114 Å². The zero-order valence-electron chi connectivity index (χ0n) is 10.4. The second kappa shape index (κ2) is 6.37. The van der Waals surface area contributed by atoms with Crippen molar-refractivity contribution in [2.75, 3.05) is 6.61 Å². The highest BCUT2D eigenvalue weighted by atomic mass is 16.6. The Kier molecular flexibility index (Phi) is 4.33. The van der Waals surface area contributed by atoms with E-state index in [0.29, 0.717) is 6.42 Å². The maximum atomic E-state index is 11.6. The zero-order valence-corrected chi connectivity index (χ0v) is 10.4. The molecule has 0 N–H and O–H groups in total. The van der Waals surface area contributed by atoms with Gasteiger partial charge in [0.1, 0.15) is 6.33 Å². The summed E-state index contributed by atoms with van der Waals surface area (Å²) in [6, 6.07) is 6.21. The fourth-order valence-corrected chi connectivity index (χ4v) is 1.57. The lowest BCUT2D eigenvalue weighted by atomic mass is 10.1. The molecule has 1 heterocycles. The van der Waals surface area contributed by atoms with Crippen LogP contribution in [0.3, 0.4) is 0 Å². The largest absolute Gasteiger partial charge is 0.462 e. The average molecular weight is 273 g/mol. The number of nitrogens with zero attached hydrogens (tertiary/aromatic N) is 3. The van der Waals surface area contributed by atoms with E-state index in [2.05, 4.69) is 9.97 Å². The lowest BCUT2D eigenvalue weighted by Gasteiger charge is -2.04. The van der Waals surface area contributed by atoms with E-state index < -0.39 is 10.9 Å². The lowest BCUT2D eigenvalue weighted by Crippen LogP contribution is -2.08. The summed E-state index contributed by atoms with van der Waals surface area (Å²) in [6.45, 7) is 0.134. The molecule has 0 spiro atoms. The Bertz CT molecular complexity index is 616. The van der Waals surface area contributed by atoms with Crippen LogP contribution in [0.5, 0.6) is 0 Å². The molecule has 0 atom stereocenters. The fraction of sp³-hybridized carbons (Fsp3) is 0.154. The summed E-state index contributed by atoms with van der Waals surface area (Å²) in [5.41, 5.74) is 1.02. The molecule has 0 aliphatic heterocycles. The molecule has 0 radical (unpaired) electrons. The van der Waals surface area contributed by atoms with Crippen LogP contribution in [0.4, 0.5) is 5.69 Å². The van der Waals surface area contributed by atoms with Crippen LogP contribution in [-0.2, 0) is 11.2 Å². The first-order valence-electron chi connectivity index (χ1n) is 5.82. The van der Waals surface area contributed by atoms with Crippen molar-refractivity contribution >= 4 is 11.7 Å². The number of ether oxygens (including phenoxy) is 1. The van der Waals surface area contributed by atoms with E-state index in [1.165, 1.54) is 30.9 Å². The van der Waals surface area contributed by atoms with Gasteiger partial charge < -0.3 is 4.74 Å². The quantitative estimate of drug-likeness (QED) is 0.468. The highest BCUT2D eigenvalue weighted by molar-refractivity contribution is 5.88. The molecule has 0 saturated heterocycles. The molecule has 0 unspecified atom stereocenters. The smallest absolute Gasteiger partial charge is 0.341 e. The standard InChI is InChI=1S/C13H11N3O4/c17-13(11-7-14-9-15-8-11)20-5-4-10-2-1-3-12(6-10)16(18)19/h1-3,6-9H,4-5H2. The third-order valence-corrected chi connectivity index (χ3v) is 2.54. The highest BCUT2D eigenvalue weighted by Crippen LogP contribution is 2.13. The summed E-state index contributed by atoms with van der Waals surface area (Å²) in [4.78, 5) is 29.2. The number of carbonyl (C=O) groups excluding carboxylic acids is 1. The molecule has 0 aliphatic rings. The summed E-state index contributed by atoms with van der Waals surface area (Å²) < 4.78 is 5.04. The van der Waals surface area contributed by atoms with Crippen LogP contribution in [0, 0.1) is 10.1 Å². The molecule has 0 aliphatic carbocycles. The average Bonchev–Trinajstić information content (AvgIpc) is 2.48. The molecule has 0 saturated carbocycles. The van der Waals surface area contributed by atoms with Gasteiger partial charge in [-0.3, -0.25) is 10.1 Å². The van der Waals surface area contributed by atoms with Crippen molar-refractivity contribution in [2.45, 2.75) is 6.42 Å². The number of carbonyl (C=O) groups is 1. The number of hydrogen-bond acceptors (Lipinski definition) is 6. The second-order valence-corrected chi connectivity index (χ2v) is 3.94. The van der Waals surface area contributed by atoms with Crippen molar-refractivity contribution in [1.29, 1.82) is 0 Å². The number of hydrogen-bond donors (Lipinski definition) is 0. The van der Waals surface area contributed by atoms with E-state index >= 15 is 0 Å². The summed E-state index contributed by atoms with van der Waals surface area (Å²) in [6.07, 6.45) is 4.45. The van der Waals surface area contributed by atoms with Crippen molar-refractivity contribution in [3.63, 3.8) is 0 Å². The normalized spacial score (nSPS) is 10.0. The zero-order chi connectivity index (χ0) is 14.4. The number of benzene rings is 1.